The summed E-state index contributed by atoms with van der Waals surface area (Å²) >= 11 is 0. The van der Waals surface area contributed by atoms with Crippen LogP contribution in [0.25, 0.3) is 0 Å². The van der Waals surface area contributed by atoms with Crippen molar-refractivity contribution in [1.29, 1.82) is 0 Å². The Labute approximate surface area is 122 Å². The van der Waals surface area contributed by atoms with Gasteiger partial charge >= 0.3 is 12.4 Å². The first-order chi connectivity index (χ1) is 10.1. The second kappa shape index (κ2) is 6.52. The Morgan fingerprint density at radius 1 is 0.727 bits per heavy atom. The Kier molecular flexibility index (Phi) is 5.21. The highest BCUT2D eigenvalue weighted by atomic mass is 19.4. The minimum absolute atomic E-state index is 0.0199. The van der Waals surface area contributed by atoms with Gasteiger partial charge in [-0.05, 0) is 0 Å². The van der Waals surface area contributed by atoms with E-state index in [1.807, 2.05) is 0 Å². The SMILES string of the molecule is COc1cc(C#CC(F)(F)F)c(C#CC(F)(F)F)cc1OC. The van der Waals surface area contributed by atoms with Gasteiger partial charge in [0.25, 0.3) is 0 Å². The fraction of sp³-hybridized carbons (Fsp3) is 0.286. The molecule has 0 heterocycles. The molecular formula is C14H8F6O2. The van der Waals surface area contributed by atoms with Gasteiger partial charge in [-0.1, -0.05) is 11.8 Å². The lowest BCUT2D eigenvalue weighted by Crippen LogP contribution is -2.03. The van der Waals surface area contributed by atoms with Gasteiger partial charge in [0.1, 0.15) is 0 Å². The maximum Gasteiger partial charge on any atom is 0.458 e. The van der Waals surface area contributed by atoms with Crippen molar-refractivity contribution in [1.82, 2.24) is 0 Å². The van der Waals surface area contributed by atoms with E-state index < -0.39 is 12.4 Å². The van der Waals surface area contributed by atoms with E-state index in [-0.39, 0.29) is 22.6 Å². The van der Waals surface area contributed by atoms with E-state index in [2.05, 4.69) is 0 Å². The molecule has 2 nitrogen and oxygen atoms in total. The quantitative estimate of drug-likeness (QED) is 0.613. The number of benzene rings is 1. The van der Waals surface area contributed by atoms with Gasteiger partial charge in [0.2, 0.25) is 0 Å². The molecule has 0 saturated carbocycles. The highest BCUT2D eigenvalue weighted by Crippen LogP contribution is 2.30. The zero-order chi connectivity index (χ0) is 17.0. The molecule has 0 aliphatic rings. The maximum absolute atomic E-state index is 12.1. The van der Waals surface area contributed by atoms with E-state index in [9.17, 15) is 26.3 Å². The summed E-state index contributed by atoms with van der Waals surface area (Å²) in [6, 6.07) is 2.05. The van der Waals surface area contributed by atoms with Gasteiger partial charge in [-0.2, -0.15) is 26.3 Å². The van der Waals surface area contributed by atoms with Gasteiger partial charge < -0.3 is 9.47 Å². The molecule has 0 aliphatic heterocycles. The lowest BCUT2D eigenvalue weighted by atomic mass is 10.1. The number of methoxy groups -OCH3 is 2. The number of hydrogen-bond donors (Lipinski definition) is 0. The highest BCUT2D eigenvalue weighted by molar-refractivity contribution is 5.59. The third-order valence-corrected chi connectivity index (χ3v) is 2.20. The second-order valence-corrected chi connectivity index (χ2v) is 3.75. The standard InChI is InChI=1S/C14H8F6O2/c1-21-11-7-9(3-5-13(15,16)17)10(8-12(11)22-2)4-6-14(18,19)20/h7-8H,1-2H3. The molecule has 0 spiro atoms. The molecule has 8 heteroatoms. The van der Waals surface area contributed by atoms with Crippen LogP contribution in [0.5, 0.6) is 11.5 Å². The van der Waals surface area contributed by atoms with Crippen LogP contribution < -0.4 is 9.47 Å². The zero-order valence-electron chi connectivity index (χ0n) is 11.2. The number of rotatable bonds is 2. The molecule has 0 aliphatic carbocycles. The third-order valence-electron chi connectivity index (χ3n) is 2.20. The summed E-state index contributed by atoms with van der Waals surface area (Å²) in [5.41, 5.74) is -0.710. The minimum Gasteiger partial charge on any atom is -0.493 e. The Morgan fingerprint density at radius 3 is 1.27 bits per heavy atom. The van der Waals surface area contributed by atoms with Crippen LogP contribution in [0, 0.1) is 23.7 Å². The van der Waals surface area contributed by atoms with Crippen molar-refractivity contribution in [3.8, 4) is 35.2 Å². The summed E-state index contributed by atoms with van der Waals surface area (Å²) in [6.07, 6.45) is -9.58. The summed E-state index contributed by atoms with van der Waals surface area (Å²) < 4.78 is 82.5. The van der Waals surface area contributed by atoms with Crippen LogP contribution in [-0.2, 0) is 0 Å². The lowest BCUT2D eigenvalue weighted by Gasteiger charge is -2.09. The molecule has 0 N–H and O–H groups in total. The molecule has 1 rings (SSSR count). The number of alkyl halides is 6. The van der Waals surface area contributed by atoms with Crippen molar-refractivity contribution < 1.29 is 35.8 Å². The van der Waals surface area contributed by atoms with Crippen molar-refractivity contribution >= 4 is 0 Å². The Balaban J connectivity index is 3.48. The van der Waals surface area contributed by atoms with Gasteiger partial charge in [0.05, 0.1) is 14.2 Å². The van der Waals surface area contributed by atoms with Crippen LogP contribution in [-0.4, -0.2) is 26.6 Å². The van der Waals surface area contributed by atoms with Crippen molar-refractivity contribution in [2.45, 2.75) is 12.4 Å². The Bertz CT molecular complexity index is 606. The van der Waals surface area contributed by atoms with E-state index in [1.165, 1.54) is 14.2 Å². The monoisotopic (exact) mass is 322 g/mol. The molecule has 0 fully saturated rings. The highest BCUT2D eigenvalue weighted by Gasteiger charge is 2.24. The predicted octanol–water partition coefficient (Wildman–Crippen LogP) is 3.53. The molecule has 0 unspecified atom stereocenters. The fourth-order valence-corrected chi connectivity index (χ4v) is 1.36. The van der Waals surface area contributed by atoms with Crippen LogP contribution in [0.1, 0.15) is 11.1 Å². The topological polar surface area (TPSA) is 18.5 Å². The van der Waals surface area contributed by atoms with Crippen molar-refractivity contribution in [3.63, 3.8) is 0 Å². The molecule has 0 amide bonds. The molecule has 118 valence electrons. The predicted molar refractivity (Wildman–Crippen MR) is 65.4 cm³/mol. The first-order valence-electron chi connectivity index (χ1n) is 5.51. The summed E-state index contributed by atoms with van der Waals surface area (Å²) in [6.45, 7) is 0. The zero-order valence-corrected chi connectivity index (χ0v) is 11.2. The number of hydrogen-bond acceptors (Lipinski definition) is 2. The van der Waals surface area contributed by atoms with Crippen molar-refractivity contribution in [3.05, 3.63) is 23.3 Å². The van der Waals surface area contributed by atoms with E-state index in [0.717, 1.165) is 24.0 Å². The van der Waals surface area contributed by atoms with Crippen LogP contribution in [0.3, 0.4) is 0 Å². The van der Waals surface area contributed by atoms with Crippen molar-refractivity contribution in [2.24, 2.45) is 0 Å². The van der Waals surface area contributed by atoms with Gasteiger partial charge in [-0.3, -0.25) is 0 Å². The molecule has 0 radical (unpaired) electrons. The molecule has 22 heavy (non-hydrogen) atoms. The first-order valence-corrected chi connectivity index (χ1v) is 5.51. The average molecular weight is 322 g/mol. The van der Waals surface area contributed by atoms with Gasteiger partial charge in [-0.25, -0.2) is 0 Å². The molecule has 0 saturated heterocycles. The molecule has 0 atom stereocenters. The lowest BCUT2D eigenvalue weighted by molar-refractivity contribution is -0.0706. The summed E-state index contributed by atoms with van der Waals surface area (Å²) in [7, 11) is 2.44. The minimum atomic E-state index is -4.79. The summed E-state index contributed by atoms with van der Waals surface area (Å²) in [4.78, 5) is 0. The van der Waals surface area contributed by atoms with Crippen molar-refractivity contribution in [2.75, 3.05) is 14.2 Å². The average Bonchev–Trinajstić information content (AvgIpc) is 2.40. The Morgan fingerprint density at radius 2 is 1.05 bits per heavy atom. The van der Waals surface area contributed by atoms with Gasteiger partial charge in [0.15, 0.2) is 11.5 Å². The second-order valence-electron chi connectivity index (χ2n) is 3.75. The Hall–Kier alpha value is -2.48. The van der Waals surface area contributed by atoms with E-state index >= 15 is 0 Å². The van der Waals surface area contributed by atoms with Crippen LogP contribution >= 0.6 is 0 Å². The number of halogens is 6. The summed E-state index contributed by atoms with van der Waals surface area (Å²) in [5, 5.41) is 0. The molecule has 1 aromatic carbocycles. The smallest absolute Gasteiger partial charge is 0.458 e. The van der Waals surface area contributed by atoms with Gasteiger partial charge in [-0.15, -0.1) is 0 Å². The number of ether oxygens (including phenoxy) is 2. The van der Waals surface area contributed by atoms with Gasteiger partial charge in [0, 0.05) is 35.1 Å². The molecule has 1 aromatic rings. The maximum atomic E-state index is 12.1. The fourth-order valence-electron chi connectivity index (χ4n) is 1.36. The van der Waals surface area contributed by atoms with E-state index in [4.69, 9.17) is 9.47 Å². The van der Waals surface area contributed by atoms with Crippen LogP contribution in [0.4, 0.5) is 26.3 Å². The third kappa shape index (κ3) is 5.49. The molecule has 0 aromatic heterocycles. The van der Waals surface area contributed by atoms with Crippen LogP contribution in [0.2, 0.25) is 0 Å². The van der Waals surface area contributed by atoms with E-state index in [1.54, 1.807) is 11.8 Å². The first kappa shape index (κ1) is 17.6. The molecule has 0 bridgehead atoms. The normalized spacial score (nSPS) is 10.9. The largest absolute Gasteiger partial charge is 0.493 e. The van der Waals surface area contributed by atoms with E-state index in [0.29, 0.717) is 0 Å². The molecular weight excluding hydrogens is 314 g/mol. The van der Waals surface area contributed by atoms with Crippen LogP contribution in [0.15, 0.2) is 12.1 Å². The summed E-state index contributed by atoms with van der Waals surface area (Å²) in [5.74, 6) is 5.45.